The smallest absolute Gasteiger partial charge is 0.310 e. The van der Waals surface area contributed by atoms with E-state index in [2.05, 4.69) is 16.9 Å². The van der Waals surface area contributed by atoms with E-state index in [4.69, 9.17) is 4.74 Å². The second-order valence-corrected chi connectivity index (χ2v) is 11.3. The summed E-state index contributed by atoms with van der Waals surface area (Å²) < 4.78 is 8.09. The van der Waals surface area contributed by atoms with Crippen molar-refractivity contribution >= 4 is 28.8 Å². The number of carbonyl (C=O) groups excluding carboxylic acids is 2. The largest absolute Gasteiger partial charge is 0.481 e. The number of fused-ring (bicyclic) bond motifs is 2. The number of amides is 2. The van der Waals surface area contributed by atoms with Crippen molar-refractivity contribution in [3.05, 3.63) is 36.9 Å². The Balaban J connectivity index is 1.58. The van der Waals surface area contributed by atoms with Crippen LogP contribution in [0.4, 0.5) is 0 Å². The van der Waals surface area contributed by atoms with Crippen LogP contribution < -0.4 is 0 Å². The van der Waals surface area contributed by atoms with E-state index in [9.17, 15) is 24.6 Å². The number of nitrogens with zero attached hydrogens (tertiary/aromatic N) is 5. The monoisotopic (exact) mass is 525 g/mol. The van der Waals surface area contributed by atoms with Crippen LogP contribution in [0.25, 0.3) is 11.0 Å². The first kappa shape index (κ1) is 26.3. The minimum Gasteiger partial charge on any atom is -0.481 e. The average Bonchev–Trinajstić information content (AvgIpc) is 3.57. The SMILES string of the molecule is C=CCN(Cn1nnc2ccccc21)C(=O)C1N([C@@H](CO)CC(C)C)C(=O)[C@@H]2[C@@H](C(=O)O)[C@@]3(C)CCC12O3. The first-order valence-electron chi connectivity index (χ1n) is 13.1. The van der Waals surface area contributed by atoms with Crippen LogP contribution in [0.2, 0.25) is 0 Å². The van der Waals surface area contributed by atoms with E-state index >= 15 is 0 Å². The van der Waals surface area contributed by atoms with Crippen LogP contribution in [-0.4, -0.2) is 89.2 Å². The number of aliphatic hydroxyl groups is 1. The zero-order chi connectivity index (χ0) is 27.4. The number of ether oxygens (including phenoxy) is 1. The van der Waals surface area contributed by atoms with E-state index in [-0.39, 0.29) is 25.7 Å². The highest BCUT2D eigenvalue weighted by molar-refractivity contribution is 5.98. The van der Waals surface area contributed by atoms with Gasteiger partial charge in [-0.2, -0.15) is 0 Å². The topological polar surface area (TPSA) is 138 Å². The zero-order valence-corrected chi connectivity index (χ0v) is 22.0. The molecule has 3 aliphatic rings. The maximum atomic E-state index is 14.5. The van der Waals surface area contributed by atoms with Crippen molar-refractivity contribution in [2.45, 2.75) is 70.0 Å². The summed E-state index contributed by atoms with van der Waals surface area (Å²) >= 11 is 0. The van der Waals surface area contributed by atoms with E-state index < -0.39 is 52.9 Å². The molecule has 3 fully saturated rings. The third-order valence-electron chi connectivity index (χ3n) is 8.45. The molecule has 2 unspecified atom stereocenters. The number of rotatable bonds is 10. The molecule has 1 aromatic carbocycles. The number of aliphatic hydroxyl groups excluding tert-OH is 1. The molecule has 1 spiro atoms. The summed E-state index contributed by atoms with van der Waals surface area (Å²) in [6.45, 7) is 9.36. The Hall–Kier alpha value is -3.31. The molecule has 0 saturated carbocycles. The average molecular weight is 526 g/mol. The summed E-state index contributed by atoms with van der Waals surface area (Å²) in [5.74, 6) is -3.89. The molecule has 11 nitrogen and oxygen atoms in total. The Kier molecular flexibility index (Phi) is 6.55. The van der Waals surface area contributed by atoms with Gasteiger partial charge in [0.05, 0.1) is 35.6 Å². The van der Waals surface area contributed by atoms with Crippen LogP contribution in [0.3, 0.4) is 0 Å². The third kappa shape index (κ3) is 3.82. The summed E-state index contributed by atoms with van der Waals surface area (Å²) in [7, 11) is 0. The molecular formula is C27H35N5O6. The summed E-state index contributed by atoms with van der Waals surface area (Å²) in [5.41, 5.74) is -0.911. The first-order valence-corrected chi connectivity index (χ1v) is 13.1. The molecule has 0 aliphatic carbocycles. The fourth-order valence-electron chi connectivity index (χ4n) is 6.96. The van der Waals surface area contributed by atoms with Crippen molar-refractivity contribution in [3.8, 4) is 0 Å². The van der Waals surface area contributed by atoms with Crippen molar-refractivity contribution in [2.75, 3.05) is 13.2 Å². The molecule has 5 rings (SSSR count). The second kappa shape index (κ2) is 9.46. The lowest BCUT2D eigenvalue weighted by Gasteiger charge is -2.39. The number of aliphatic carboxylic acids is 1. The van der Waals surface area contributed by atoms with Gasteiger partial charge in [-0.25, -0.2) is 4.68 Å². The molecule has 2 bridgehead atoms. The Morgan fingerprint density at radius 2 is 2.05 bits per heavy atom. The van der Waals surface area contributed by atoms with Gasteiger partial charge in [-0.1, -0.05) is 37.3 Å². The lowest BCUT2D eigenvalue weighted by molar-refractivity contribution is -0.159. The number of carboxylic acid groups (broad SMARTS) is 1. The van der Waals surface area contributed by atoms with Crippen LogP contribution in [0.5, 0.6) is 0 Å². The zero-order valence-electron chi connectivity index (χ0n) is 22.0. The summed E-state index contributed by atoms with van der Waals surface area (Å²) in [6.07, 6.45) is 2.86. The van der Waals surface area contributed by atoms with E-state index in [1.54, 1.807) is 17.7 Å². The van der Waals surface area contributed by atoms with Gasteiger partial charge < -0.3 is 24.7 Å². The van der Waals surface area contributed by atoms with Gasteiger partial charge in [-0.15, -0.1) is 11.7 Å². The number of carboxylic acids is 1. The van der Waals surface area contributed by atoms with E-state index in [0.29, 0.717) is 24.8 Å². The van der Waals surface area contributed by atoms with Gasteiger partial charge in [0.2, 0.25) is 11.8 Å². The molecule has 4 heterocycles. The highest BCUT2D eigenvalue weighted by atomic mass is 16.5. The fraction of sp³-hybridized carbons (Fsp3) is 0.593. The molecule has 204 valence electrons. The maximum Gasteiger partial charge on any atom is 0.310 e. The van der Waals surface area contributed by atoms with Gasteiger partial charge in [0, 0.05) is 6.54 Å². The van der Waals surface area contributed by atoms with Gasteiger partial charge in [0.25, 0.3) is 0 Å². The number of carbonyl (C=O) groups is 3. The third-order valence-corrected chi connectivity index (χ3v) is 8.45. The Morgan fingerprint density at radius 1 is 1.32 bits per heavy atom. The van der Waals surface area contributed by atoms with Crippen LogP contribution in [0.1, 0.15) is 40.0 Å². The van der Waals surface area contributed by atoms with Crippen LogP contribution in [0.15, 0.2) is 36.9 Å². The Labute approximate surface area is 221 Å². The fourth-order valence-corrected chi connectivity index (χ4v) is 6.96. The van der Waals surface area contributed by atoms with E-state index in [0.717, 1.165) is 5.52 Å². The lowest BCUT2D eigenvalue weighted by Crippen LogP contribution is -2.59. The number of hydrogen-bond acceptors (Lipinski definition) is 7. The molecule has 2 amide bonds. The molecule has 38 heavy (non-hydrogen) atoms. The maximum absolute atomic E-state index is 14.5. The molecule has 3 aliphatic heterocycles. The van der Waals surface area contributed by atoms with Gasteiger partial charge >= 0.3 is 5.97 Å². The quantitative estimate of drug-likeness (QED) is 0.447. The van der Waals surface area contributed by atoms with Crippen molar-refractivity contribution in [2.24, 2.45) is 17.8 Å². The minimum atomic E-state index is -1.29. The van der Waals surface area contributed by atoms with E-state index in [1.165, 1.54) is 9.80 Å². The molecule has 6 atom stereocenters. The van der Waals surface area contributed by atoms with Crippen molar-refractivity contribution in [1.82, 2.24) is 24.8 Å². The highest BCUT2D eigenvalue weighted by Gasteiger charge is 2.78. The van der Waals surface area contributed by atoms with Gasteiger partial charge in [-0.05, 0) is 44.2 Å². The van der Waals surface area contributed by atoms with Crippen molar-refractivity contribution < 1.29 is 29.3 Å². The normalized spacial score (nSPS) is 30.7. The molecule has 3 saturated heterocycles. The van der Waals surface area contributed by atoms with Gasteiger partial charge in [0.15, 0.2) is 0 Å². The second-order valence-electron chi connectivity index (χ2n) is 11.3. The Bertz CT molecular complexity index is 1280. The summed E-state index contributed by atoms with van der Waals surface area (Å²) in [4.78, 5) is 43.9. The number of aromatic nitrogens is 3. The standard InChI is InChI=1S/C27H35N5O6/c1-5-12-30(15-31-19-9-7-6-8-18(19)28-29-31)24(35)22-27-11-10-26(4,38-27)21(25(36)37)20(27)23(34)32(22)17(14-33)13-16(2)3/h5-9,16-17,20-22,33H,1,10-15H2,2-4H3,(H,36,37)/t17-,20+,21+,22?,26-,27?/m1/s1. The lowest BCUT2D eigenvalue weighted by atomic mass is 9.66. The predicted molar refractivity (Wildman–Crippen MR) is 136 cm³/mol. The first-order chi connectivity index (χ1) is 18.1. The minimum absolute atomic E-state index is 0.0538. The summed E-state index contributed by atoms with van der Waals surface area (Å²) in [5, 5.41) is 28.9. The number of hydrogen-bond donors (Lipinski definition) is 2. The molecule has 11 heteroatoms. The predicted octanol–water partition coefficient (Wildman–Crippen LogP) is 1.66. The van der Waals surface area contributed by atoms with Crippen LogP contribution in [-0.2, 0) is 25.8 Å². The molecule has 2 N–H and O–H groups in total. The molecule has 1 aromatic heterocycles. The number of likely N-dealkylation sites (tertiary alicyclic amines) is 1. The highest BCUT2D eigenvalue weighted by Crippen LogP contribution is 2.63. The number of benzene rings is 1. The Morgan fingerprint density at radius 3 is 2.71 bits per heavy atom. The van der Waals surface area contributed by atoms with Crippen LogP contribution in [0, 0.1) is 17.8 Å². The molecule has 2 aromatic rings. The van der Waals surface area contributed by atoms with Crippen molar-refractivity contribution in [3.63, 3.8) is 0 Å². The van der Waals surface area contributed by atoms with Crippen molar-refractivity contribution in [1.29, 1.82) is 0 Å². The molecule has 0 radical (unpaired) electrons. The van der Waals surface area contributed by atoms with Gasteiger partial charge in [-0.3, -0.25) is 14.4 Å². The summed E-state index contributed by atoms with van der Waals surface area (Å²) in [6, 6.07) is 5.66. The van der Waals surface area contributed by atoms with Crippen LogP contribution >= 0.6 is 0 Å². The van der Waals surface area contributed by atoms with Gasteiger partial charge in [0.1, 0.15) is 23.8 Å². The molecular weight excluding hydrogens is 490 g/mol. The number of para-hydroxylation sites is 1. The van der Waals surface area contributed by atoms with E-state index in [1.807, 2.05) is 38.1 Å².